The second kappa shape index (κ2) is 8.94. The van der Waals surface area contributed by atoms with Crippen molar-refractivity contribution in [3.8, 4) is 5.75 Å². The number of alkyl carbamates (subject to hydrolysis) is 1. The van der Waals surface area contributed by atoms with E-state index in [9.17, 15) is 4.79 Å². The third kappa shape index (κ3) is 5.23. The largest absolute Gasteiger partial charge is 0.489 e. The van der Waals surface area contributed by atoms with E-state index in [2.05, 4.69) is 10.3 Å². The maximum atomic E-state index is 12.2. The smallest absolute Gasteiger partial charge is 0.407 e. The number of nitrogens with two attached hydrogens (primary N) is 2. The average molecular weight is 430 g/mol. The van der Waals surface area contributed by atoms with Crippen molar-refractivity contribution in [2.75, 3.05) is 13.6 Å². The number of hydrogen-bond acceptors (Lipinski definition) is 7. The van der Waals surface area contributed by atoms with E-state index < -0.39 is 6.09 Å². The van der Waals surface area contributed by atoms with Gasteiger partial charge in [-0.15, -0.1) is 0 Å². The first-order valence-electron chi connectivity index (χ1n) is 11.4. The van der Waals surface area contributed by atoms with Crippen LogP contribution in [0.3, 0.4) is 0 Å². The highest BCUT2D eigenvalue weighted by Crippen LogP contribution is 2.61. The predicted octanol–water partition coefficient (Wildman–Crippen LogP) is 3.20. The Morgan fingerprint density at radius 1 is 1.23 bits per heavy atom. The number of carbonyl (C=O) groups is 1. The number of aryl methyl sites for hydroxylation is 1. The summed E-state index contributed by atoms with van der Waals surface area (Å²) in [5.41, 5.74) is 9.24. The third-order valence-corrected chi connectivity index (χ3v) is 6.85. The zero-order chi connectivity index (χ0) is 22.0. The van der Waals surface area contributed by atoms with Crippen LogP contribution in [0.4, 0.5) is 4.79 Å². The molecule has 0 radical (unpaired) electrons. The van der Waals surface area contributed by atoms with Crippen LogP contribution in [-0.4, -0.2) is 41.9 Å². The highest BCUT2D eigenvalue weighted by molar-refractivity contribution is 5.69. The Morgan fingerprint density at radius 2 is 1.94 bits per heavy atom. The van der Waals surface area contributed by atoms with Crippen LogP contribution in [0.15, 0.2) is 17.8 Å². The van der Waals surface area contributed by atoms with Gasteiger partial charge in [0.2, 0.25) is 0 Å². The number of amides is 1. The van der Waals surface area contributed by atoms with Gasteiger partial charge in [0, 0.05) is 7.05 Å². The van der Waals surface area contributed by atoms with E-state index >= 15 is 0 Å². The molecule has 0 bridgehead atoms. The van der Waals surface area contributed by atoms with E-state index in [1.807, 2.05) is 19.1 Å². The molecule has 0 atom stereocenters. The Bertz CT molecular complexity index is 836. The molecule has 1 aromatic heterocycles. The molecule has 4 rings (SSSR count). The van der Waals surface area contributed by atoms with E-state index in [0.29, 0.717) is 22.5 Å². The quantitative estimate of drug-likeness (QED) is 0.450. The number of likely N-dealkylation sites (N-methyl/N-ethyl adjacent to an activating group) is 1. The standard InChI is InChI=1S/C23H35N5O3/c1-15-20(30-16-6-4-3-5-7-16)9-8-18(27-15)21(24)19(28(2)25)14-26-22(29)31-17-12-23(13-17)10-11-23/h8-9,16-17H,3-7,10-14,24-25H2,1-2H3,(H,26,29)/b21-19-. The molecule has 0 unspecified atom stereocenters. The first kappa shape index (κ1) is 21.7. The van der Waals surface area contributed by atoms with Crippen LogP contribution in [0.1, 0.15) is 69.2 Å². The molecule has 1 heterocycles. The molecule has 3 aliphatic rings. The first-order chi connectivity index (χ1) is 14.8. The summed E-state index contributed by atoms with van der Waals surface area (Å²) >= 11 is 0. The van der Waals surface area contributed by atoms with E-state index in [1.165, 1.54) is 37.1 Å². The molecule has 1 spiro atoms. The second-order valence-corrected chi connectivity index (χ2v) is 9.42. The molecule has 3 fully saturated rings. The van der Waals surface area contributed by atoms with Gasteiger partial charge in [0.25, 0.3) is 0 Å². The minimum atomic E-state index is -0.437. The average Bonchev–Trinajstić information content (AvgIpc) is 3.51. The zero-order valence-electron chi connectivity index (χ0n) is 18.7. The summed E-state index contributed by atoms with van der Waals surface area (Å²) < 4.78 is 11.6. The fraction of sp³-hybridized carbons (Fsp3) is 0.652. The number of pyridine rings is 1. The summed E-state index contributed by atoms with van der Waals surface area (Å²) in [5.74, 6) is 6.78. The monoisotopic (exact) mass is 429 g/mol. The molecular weight excluding hydrogens is 394 g/mol. The summed E-state index contributed by atoms with van der Waals surface area (Å²) in [5, 5.41) is 4.17. The maximum absolute atomic E-state index is 12.2. The molecular formula is C23H35N5O3. The van der Waals surface area contributed by atoms with Crippen molar-refractivity contribution < 1.29 is 14.3 Å². The minimum absolute atomic E-state index is 0.0314. The van der Waals surface area contributed by atoms with Crippen molar-refractivity contribution >= 4 is 11.8 Å². The van der Waals surface area contributed by atoms with Crippen LogP contribution < -0.4 is 21.6 Å². The van der Waals surface area contributed by atoms with E-state index in [4.69, 9.17) is 21.1 Å². The van der Waals surface area contributed by atoms with Crippen molar-refractivity contribution in [1.82, 2.24) is 15.3 Å². The summed E-state index contributed by atoms with van der Waals surface area (Å²) in [7, 11) is 1.69. The Kier molecular flexibility index (Phi) is 6.27. The summed E-state index contributed by atoms with van der Waals surface area (Å²) in [6.07, 6.45) is 10.3. The van der Waals surface area contributed by atoms with E-state index in [-0.39, 0.29) is 18.8 Å². The SMILES string of the molecule is Cc1nc(/C(N)=C(\CNC(=O)OC2CC3(CC3)C2)N(C)N)ccc1OC1CCCCC1. The van der Waals surface area contributed by atoms with Gasteiger partial charge in [-0.3, -0.25) is 0 Å². The molecule has 1 amide bonds. The normalized spacial score (nSPS) is 21.1. The third-order valence-electron chi connectivity index (χ3n) is 6.85. The summed E-state index contributed by atoms with van der Waals surface area (Å²) in [6.45, 7) is 2.08. The Hall–Kier alpha value is -2.48. The summed E-state index contributed by atoms with van der Waals surface area (Å²) in [6, 6.07) is 3.75. The molecule has 3 saturated carbocycles. The maximum Gasteiger partial charge on any atom is 0.407 e. The van der Waals surface area contributed by atoms with Crippen molar-refractivity contribution in [1.29, 1.82) is 0 Å². The lowest BCUT2D eigenvalue weighted by atomic mass is 9.79. The molecule has 1 aromatic rings. The fourth-order valence-corrected chi connectivity index (χ4v) is 4.67. The molecule has 0 saturated heterocycles. The van der Waals surface area contributed by atoms with Gasteiger partial charge in [0.1, 0.15) is 11.9 Å². The predicted molar refractivity (Wildman–Crippen MR) is 119 cm³/mol. The highest BCUT2D eigenvalue weighted by atomic mass is 16.6. The van der Waals surface area contributed by atoms with Gasteiger partial charge in [-0.1, -0.05) is 6.42 Å². The van der Waals surface area contributed by atoms with Gasteiger partial charge in [-0.2, -0.15) is 0 Å². The molecule has 8 heteroatoms. The van der Waals surface area contributed by atoms with Gasteiger partial charge in [0.05, 0.1) is 35.4 Å². The van der Waals surface area contributed by atoms with Crippen molar-refractivity contribution in [2.45, 2.75) is 76.9 Å². The van der Waals surface area contributed by atoms with Crippen LogP contribution in [0.25, 0.3) is 5.70 Å². The van der Waals surface area contributed by atoms with Gasteiger partial charge in [-0.05, 0) is 75.8 Å². The minimum Gasteiger partial charge on any atom is -0.489 e. The van der Waals surface area contributed by atoms with Gasteiger partial charge >= 0.3 is 6.09 Å². The Morgan fingerprint density at radius 3 is 2.55 bits per heavy atom. The number of nitrogens with one attached hydrogen (secondary N) is 1. The van der Waals surface area contributed by atoms with Gasteiger partial charge in [-0.25, -0.2) is 15.6 Å². The van der Waals surface area contributed by atoms with Crippen molar-refractivity contribution in [3.63, 3.8) is 0 Å². The number of ether oxygens (including phenoxy) is 2. The number of rotatable bonds is 7. The van der Waals surface area contributed by atoms with Crippen molar-refractivity contribution in [3.05, 3.63) is 29.2 Å². The lowest BCUT2D eigenvalue weighted by molar-refractivity contribution is 0.00708. The van der Waals surface area contributed by atoms with Crippen LogP contribution in [0.2, 0.25) is 0 Å². The van der Waals surface area contributed by atoms with Gasteiger partial charge < -0.3 is 25.5 Å². The van der Waals surface area contributed by atoms with Gasteiger partial charge in [0.15, 0.2) is 0 Å². The topological polar surface area (TPSA) is 116 Å². The molecule has 0 aromatic carbocycles. The van der Waals surface area contributed by atoms with E-state index in [0.717, 1.165) is 37.1 Å². The fourth-order valence-electron chi connectivity index (χ4n) is 4.67. The van der Waals surface area contributed by atoms with Crippen LogP contribution >= 0.6 is 0 Å². The second-order valence-electron chi connectivity index (χ2n) is 9.42. The first-order valence-corrected chi connectivity index (χ1v) is 11.4. The molecule has 8 nitrogen and oxygen atoms in total. The molecule has 0 aliphatic heterocycles. The van der Waals surface area contributed by atoms with Crippen LogP contribution in [-0.2, 0) is 4.74 Å². The van der Waals surface area contributed by atoms with Crippen molar-refractivity contribution in [2.24, 2.45) is 17.0 Å². The number of carbonyl (C=O) groups excluding carboxylic acids is 1. The van der Waals surface area contributed by atoms with Crippen LogP contribution in [0.5, 0.6) is 5.75 Å². The number of hydrazine groups is 1. The number of nitrogens with zero attached hydrogens (tertiary/aromatic N) is 2. The van der Waals surface area contributed by atoms with E-state index in [1.54, 1.807) is 7.05 Å². The molecule has 5 N–H and O–H groups in total. The lowest BCUT2D eigenvalue weighted by Gasteiger charge is -2.34. The molecule has 3 aliphatic carbocycles. The Labute approximate surface area is 184 Å². The Balaban J connectivity index is 1.37. The highest BCUT2D eigenvalue weighted by Gasteiger charge is 2.54. The summed E-state index contributed by atoms with van der Waals surface area (Å²) in [4.78, 5) is 16.8. The number of aromatic nitrogens is 1. The van der Waals surface area contributed by atoms with Crippen LogP contribution in [0, 0.1) is 12.3 Å². The lowest BCUT2D eigenvalue weighted by Crippen LogP contribution is -2.40. The zero-order valence-corrected chi connectivity index (χ0v) is 18.7. The number of hydrogen-bond donors (Lipinski definition) is 3. The molecule has 170 valence electrons. The molecule has 31 heavy (non-hydrogen) atoms.